The number of halogens is 1. The lowest BCUT2D eigenvalue weighted by Gasteiger charge is -2.12. The van der Waals surface area contributed by atoms with Crippen LogP contribution in [-0.2, 0) is 11.2 Å². The molecule has 0 bridgehead atoms. The SMILES string of the molecule is CN1C(=O)Cc2cc(Nc3[nH]c(=O)ncc3Cl)ccc21. The van der Waals surface area contributed by atoms with E-state index in [1.807, 2.05) is 18.2 Å². The first-order valence-corrected chi connectivity index (χ1v) is 6.34. The van der Waals surface area contributed by atoms with Crippen molar-refractivity contribution in [2.75, 3.05) is 17.3 Å². The van der Waals surface area contributed by atoms with Gasteiger partial charge in [-0.25, -0.2) is 9.78 Å². The Bertz CT molecular complexity index is 756. The Morgan fingerprint density at radius 2 is 2.20 bits per heavy atom. The van der Waals surface area contributed by atoms with Crippen molar-refractivity contribution in [1.82, 2.24) is 9.97 Å². The molecule has 0 saturated heterocycles. The lowest BCUT2D eigenvalue weighted by atomic mass is 10.1. The molecule has 102 valence electrons. The number of hydrogen-bond donors (Lipinski definition) is 2. The summed E-state index contributed by atoms with van der Waals surface area (Å²) in [7, 11) is 1.75. The summed E-state index contributed by atoms with van der Waals surface area (Å²) in [6, 6.07) is 5.55. The zero-order valence-corrected chi connectivity index (χ0v) is 11.4. The molecular weight excluding hydrogens is 280 g/mol. The van der Waals surface area contributed by atoms with E-state index in [4.69, 9.17) is 11.6 Å². The molecule has 1 aromatic heterocycles. The number of amides is 1. The number of nitrogens with one attached hydrogen (secondary N) is 2. The van der Waals surface area contributed by atoms with E-state index in [0.717, 1.165) is 16.9 Å². The molecule has 0 fully saturated rings. The molecule has 0 spiro atoms. The Hall–Kier alpha value is -2.34. The second kappa shape index (κ2) is 4.64. The number of carbonyl (C=O) groups is 1. The molecule has 2 N–H and O–H groups in total. The lowest BCUT2D eigenvalue weighted by molar-refractivity contribution is -0.117. The largest absolute Gasteiger partial charge is 0.346 e. The van der Waals surface area contributed by atoms with E-state index in [1.165, 1.54) is 6.20 Å². The lowest BCUT2D eigenvalue weighted by Crippen LogP contribution is -2.20. The molecule has 2 aromatic rings. The number of benzene rings is 1. The minimum absolute atomic E-state index is 0.0625. The van der Waals surface area contributed by atoms with Gasteiger partial charge in [-0.15, -0.1) is 0 Å². The van der Waals surface area contributed by atoms with E-state index in [1.54, 1.807) is 11.9 Å². The molecule has 7 heteroatoms. The van der Waals surface area contributed by atoms with Gasteiger partial charge in [0.15, 0.2) is 0 Å². The topological polar surface area (TPSA) is 78.1 Å². The Kier molecular flexibility index (Phi) is 2.94. The fraction of sp³-hybridized carbons (Fsp3) is 0.154. The second-order valence-corrected chi connectivity index (χ2v) is 4.92. The molecule has 0 radical (unpaired) electrons. The Balaban J connectivity index is 1.93. The molecule has 6 nitrogen and oxygen atoms in total. The number of carbonyl (C=O) groups excluding carboxylic acids is 1. The van der Waals surface area contributed by atoms with Gasteiger partial charge in [0.05, 0.1) is 17.6 Å². The fourth-order valence-corrected chi connectivity index (χ4v) is 2.31. The molecular formula is C13H11ClN4O2. The maximum Gasteiger partial charge on any atom is 0.346 e. The van der Waals surface area contributed by atoms with Crippen LogP contribution in [0.1, 0.15) is 5.56 Å². The van der Waals surface area contributed by atoms with E-state index in [9.17, 15) is 9.59 Å². The molecule has 1 amide bonds. The number of fused-ring (bicyclic) bond motifs is 1. The number of aromatic amines is 1. The maximum atomic E-state index is 11.6. The number of aromatic nitrogens is 2. The molecule has 0 aliphatic carbocycles. The fourth-order valence-electron chi connectivity index (χ4n) is 2.16. The van der Waals surface area contributed by atoms with Crippen molar-refractivity contribution in [3.8, 4) is 0 Å². The van der Waals surface area contributed by atoms with Crippen molar-refractivity contribution in [3.63, 3.8) is 0 Å². The highest BCUT2D eigenvalue weighted by molar-refractivity contribution is 6.32. The first kappa shape index (κ1) is 12.7. The van der Waals surface area contributed by atoms with E-state index in [2.05, 4.69) is 15.3 Å². The van der Waals surface area contributed by atoms with Crippen LogP contribution in [0.25, 0.3) is 0 Å². The third-order valence-electron chi connectivity index (χ3n) is 3.19. The minimum Gasteiger partial charge on any atom is -0.340 e. The molecule has 1 aliphatic rings. The summed E-state index contributed by atoms with van der Waals surface area (Å²) in [5.74, 6) is 0.441. The number of likely N-dealkylation sites (N-methyl/N-ethyl adjacent to an activating group) is 1. The minimum atomic E-state index is -0.479. The molecule has 1 aromatic carbocycles. The monoisotopic (exact) mass is 290 g/mol. The average molecular weight is 291 g/mol. The van der Waals surface area contributed by atoms with Crippen LogP contribution in [0.4, 0.5) is 17.2 Å². The van der Waals surface area contributed by atoms with Gasteiger partial charge in [-0.1, -0.05) is 11.6 Å². The number of H-pyrrole nitrogens is 1. The summed E-state index contributed by atoms with van der Waals surface area (Å²) in [6.07, 6.45) is 1.66. The van der Waals surface area contributed by atoms with Crippen LogP contribution < -0.4 is 15.9 Å². The van der Waals surface area contributed by atoms with Gasteiger partial charge in [-0.2, -0.15) is 0 Å². The highest BCUT2D eigenvalue weighted by Crippen LogP contribution is 2.31. The van der Waals surface area contributed by atoms with Gasteiger partial charge < -0.3 is 10.2 Å². The zero-order chi connectivity index (χ0) is 14.3. The second-order valence-electron chi connectivity index (χ2n) is 4.51. The van der Waals surface area contributed by atoms with Gasteiger partial charge in [0, 0.05) is 18.4 Å². The number of nitrogens with zero attached hydrogens (tertiary/aromatic N) is 2. The van der Waals surface area contributed by atoms with Gasteiger partial charge in [0.1, 0.15) is 5.82 Å². The summed E-state index contributed by atoms with van der Waals surface area (Å²) >= 11 is 5.95. The van der Waals surface area contributed by atoms with Crippen LogP contribution in [0.15, 0.2) is 29.2 Å². The molecule has 1 aliphatic heterocycles. The Morgan fingerprint density at radius 1 is 1.40 bits per heavy atom. The van der Waals surface area contributed by atoms with Crippen LogP contribution >= 0.6 is 11.6 Å². The van der Waals surface area contributed by atoms with Gasteiger partial charge in [-0.05, 0) is 23.8 Å². The van der Waals surface area contributed by atoms with E-state index in [0.29, 0.717) is 17.3 Å². The first-order valence-electron chi connectivity index (χ1n) is 5.96. The van der Waals surface area contributed by atoms with Gasteiger partial charge in [0.2, 0.25) is 5.91 Å². The normalized spacial score (nSPS) is 13.5. The van der Waals surface area contributed by atoms with Crippen molar-refractivity contribution in [2.45, 2.75) is 6.42 Å². The molecule has 0 atom stereocenters. The molecule has 3 rings (SSSR count). The maximum absolute atomic E-state index is 11.6. The zero-order valence-electron chi connectivity index (χ0n) is 10.6. The van der Waals surface area contributed by atoms with Crippen LogP contribution in [-0.4, -0.2) is 22.9 Å². The summed E-state index contributed by atoms with van der Waals surface area (Å²) in [5, 5.41) is 3.33. The average Bonchev–Trinajstić information content (AvgIpc) is 2.69. The van der Waals surface area contributed by atoms with Crippen LogP contribution in [0, 0.1) is 0 Å². The van der Waals surface area contributed by atoms with Crippen molar-refractivity contribution in [2.24, 2.45) is 0 Å². The number of rotatable bonds is 2. The van der Waals surface area contributed by atoms with Crippen LogP contribution in [0.2, 0.25) is 5.02 Å². The van der Waals surface area contributed by atoms with Crippen LogP contribution in [0.3, 0.4) is 0 Å². The number of hydrogen-bond acceptors (Lipinski definition) is 4. The molecule has 20 heavy (non-hydrogen) atoms. The predicted octanol–water partition coefficient (Wildman–Crippen LogP) is 1.69. The predicted molar refractivity (Wildman–Crippen MR) is 76.7 cm³/mol. The Morgan fingerprint density at radius 3 is 3.00 bits per heavy atom. The van der Waals surface area contributed by atoms with Crippen LogP contribution in [0.5, 0.6) is 0 Å². The summed E-state index contributed by atoms with van der Waals surface area (Å²) in [4.78, 5) is 30.5. The van der Waals surface area contributed by atoms with E-state index < -0.39 is 5.69 Å². The van der Waals surface area contributed by atoms with Gasteiger partial charge in [-0.3, -0.25) is 9.78 Å². The Labute approximate surface area is 119 Å². The van der Waals surface area contributed by atoms with Crippen molar-refractivity contribution < 1.29 is 4.79 Å². The summed E-state index contributed by atoms with van der Waals surface area (Å²) < 4.78 is 0. The van der Waals surface area contributed by atoms with E-state index in [-0.39, 0.29) is 5.91 Å². The molecule has 0 unspecified atom stereocenters. The number of anilines is 3. The summed E-state index contributed by atoms with van der Waals surface area (Å²) in [5.41, 5.74) is 2.11. The standard InChI is InChI=1S/C13H11ClN4O2/c1-18-10-3-2-8(4-7(10)5-11(18)19)16-12-9(14)6-15-13(20)17-12/h2-4,6H,5H2,1H3,(H2,15,16,17,20). The van der Waals surface area contributed by atoms with Gasteiger partial charge >= 0.3 is 5.69 Å². The van der Waals surface area contributed by atoms with E-state index >= 15 is 0 Å². The highest BCUT2D eigenvalue weighted by atomic mass is 35.5. The summed E-state index contributed by atoms with van der Waals surface area (Å²) in [6.45, 7) is 0. The van der Waals surface area contributed by atoms with Crippen molar-refractivity contribution >= 4 is 34.7 Å². The molecule has 0 saturated carbocycles. The quantitative estimate of drug-likeness (QED) is 0.882. The molecule has 2 heterocycles. The van der Waals surface area contributed by atoms with Crippen molar-refractivity contribution in [1.29, 1.82) is 0 Å². The van der Waals surface area contributed by atoms with Crippen molar-refractivity contribution in [3.05, 3.63) is 45.5 Å². The van der Waals surface area contributed by atoms with Gasteiger partial charge in [0.25, 0.3) is 0 Å². The highest BCUT2D eigenvalue weighted by Gasteiger charge is 2.23. The smallest absolute Gasteiger partial charge is 0.340 e. The third-order valence-corrected chi connectivity index (χ3v) is 3.48. The third kappa shape index (κ3) is 2.14. The first-order chi connectivity index (χ1) is 9.54.